The molecule has 1 unspecified atom stereocenters. The first kappa shape index (κ1) is 16.2. The average molecular weight is 298 g/mol. The summed E-state index contributed by atoms with van der Waals surface area (Å²) in [6, 6.07) is 8.86. The van der Waals surface area contributed by atoms with Crippen molar-refractivity contribution in [2.45, 2.75) is 32.1 Å². The van der Waals surface area contributed by atoms with Crippen molar-refractivity contribution in [3.63, 3.8) is 0 Å². The highest BCUT2D eigenvalue weighted by molar-refractivity contribution is 7.91. The third-order valence-corrected chi connectivity index (χ3v) is 4.68. The Kier molecular flexibility index (Phi) is 4.88. The number of rotatable bonds is 5. The second kappa shape index (κ2) is 6.04. The molecule has 7 heteroatoms. The molecule has 0 saturated carbocycles. The maximum atomic E-state index is 12.3. The lowest BCUT2D eigenvalue weighted by Gasteiger charge is -2.30. The van der Waals surface area contributed by atoms with E-state index >= 15 is 0 Å². The Labute approximate surface area is 118 Å². The van der Waals surface area contributed by atoms with Crippen LogP contribution in [0, 0.1) is 0 Å². The SMILES string of the molecule is CC(=O)NC(C)(Cc1ccccc1)S(=O)(=O)NC(C)=O. The van der Waals surface area contributed by atoms with Crippen molar-refractivity contribution in [1.29, 1.82) is 0 Å². The lowest BCUT2D eigenvalue weighted by Crippen LogP contribution is -2.57. The number of amides is 2. The van der Waals surface area contributed by atoms with Crippen LogP contribution in [0.1, 0.15) is 26.3 Å². The van der Waals surface area contributed by atoms with Crippen LogP contribution in [0.2, 0.25) is 0 Å². The molecule has 0 heterocycles. The van der Waals surface area contributed by atoms with E-state index in [1.54, 1.807) is 24.3 Å². The maximum Gasteiger partial charge on any atom is 0.259 e. The Morgan fingerprint density at radius 3 is 2.10 bits per heavy atom. The number of nitrogens with one attached hydrogen (secondary N) is 2. The number of sulfonamides is 1. The minimum atomic E-state index is -4.05. The molecule has 0 spiro atoms. The monoisotopic (exact) mass is 298 g/mol. The van der Waals surface area contributed by atoms with Crippen LogP contribution >= 0.6 is 0 Å². The molecule has 1 atom stereocenters. The van der Waals surface area contributed by atoms with Gasteiger partial charge in [0.2, 0.25) is 11.8 Å². The molecule has 2 N–H and O–H groups in total. The molecule has 6 nitrogen and oxygen atoms in total. The third-order valence-electron chi connectivity index (χ3n) is 2.70. The van der Waals surface area contributed by atoms with Gasteiger partial charge in [0, 0.05) is 20.3 Å². The topological polar surface area (TPSA) is 92.3 Å². The summed E-state index contributed by atoms with van der Waals surface area (Å²) in [7, 11) is -4.05. The van der Waals surface area contributed by atoms with E-state index in [1.165, 1.54) is 13.8 Å². The van der Waals surface area contributed by atoms with E-state index in [9.17, 15) is 18.0 Å². The zero-order valence-electron chi connectivity index (χ0n) is 11.6. The largest absolute Gasteiger partial charge is 0.336 e. The molecule has 1 aromatic carbocycles. The molecule has 2 amide bonds. The van der Waals surface area contributed by atoms with Gasteiger partial charge in [0.1, 0.15) is 0 Å². The summed E-state index contributed by atoms with van der Waals surface area (Å²) in [5, 5.41) is 2.41. The standard InChI is InChI=1S/C13H18N2O4S/c1-10(16)14-13(3,20(18,19)15-11(2)17)9-12-7-5-4-6-8-12/h4-8H,9H2,1-3H3,(H,14,16)(H,15,17). The van der Waals surface area contributed by atoms with Gasteiger partial charge in [-0.1, -0.05) is 30.3 Å². The summed E-state index contributed by atoms with van der Waals surface area (Å²) in [6.45, 7) is 3.70. The molecule has 0 aliphatic rings. The fourth-order valence-electron chi connectivity index (χ4n) is 1.87. The highest BCUT2D eigenvalue weighted by Crippen LogP contribution is 2.19. The van der Waals surface area contributed by atoms with Crippen molar-refractivity contribution in [2.75, 3.05) is 0 Å². The number of carbonyl (C=O) groups is 2. The molecule has 0 saturated heterocycles. The van der Waals surface area contributed by atoms with Gasteiger partial charge in [0.25, 0.3) is 10.0 Å². The number of hydrogen-bond acceptors (Lipinski definition) is 4. The number of hydrogen-bond donors (Lipinski definition) is 2. The van der Waals surface area contributed by atoms with Gasteiger partial charge in [0.15, 0.2) is 4.87 Å². The van der Waals surface area contributed by atoms with Crippen molar-refractivity contribution in [2.24, 2.45) is 0 Å². The van der Waals surface area contributed by atoms with Crippen LogP contribution in [0.5, 0.6) is 0 Å². The molecule has 0 bridgehead atoms. The van der Waals surface area contributed by atoms with Crippen molar-refractivity contribution < 1.29 is 18.0 Å². The van der Waals surface area contributed by atoms with Crippen LogP contribution in [-0.2, 0) is 26.0 Å². The Morgan fingerprint density at radius 2 is 1.65 bits per heavy atom. The molecule has 0 aliphatic carbocycles. The molecule has 1 rings (SSSR count). The van der Waals surface area contributed by atoms with Crippen LogP contribution in [0.15, 0.2) is 30.3 Å². The van der Waals surface area contributed by atoms with Gasteiger partial charge in [-0.05, 0) is 12.5 Å². The van der Waals surface area contributed by atoms with Gasteiger partial charge < -0.3 is 5.32 Å². The molecule has 1 aromatic rings. The van der Waals surface area contributed by atoms with Gasteiger partial charge in [0.05, 0.1) is 0 Å². The maximum absolute atomic E-state index is 12.3. The fourth-order valence-corrected chi connectivity index (χ4v) is 3.10. The Balaban J connectivity index is 3.15. The van der Waals surface area contributed by atoms with Crippen molar-refractivity contribution in [1.82, 2.24) is 10.0 Å². The van der Waals surface area contributed by atoms with Crippen LogP contribution in [-0.4, -0.2) is 25.1 Å². The lowest BCUT2D eigenvalue weighted by molar-refractivity contribution is -0.120. The summed E-state index contributed by atoms with van der Waals surface area (Å²) in [4.78, 5) is 20.7. The molecule has 20 heavy (non-hydrogen) atoms. The van der Waals surface area contributed by atoms with Crippen LogP contribution in [0.4, 0.5) is 0 Å². The van der Waals surface area contributed by atoms with Crippen LogP contribution in [0.25, 0.3) is 0 Å². The van der Waals surface area contributed by atoms with E-state index in [1.807, 2.05) is 10.8 Å². The van der Waals surface area contributed by atoms with E-state index < -0.39 is 26.7 Å². The predicted molar refractivity (Wildman–Crippen MR) is 75.1 cm³/mol. The number of carbonyl (C=O) groups excluding carboxylic acids is 2. The summed E-state index contributed by atoms with van der Waals surface area (Å²) in [5.41, 5.74) is 0.734. The van der Waals surface area contributed by atoms with Crippen molar-refractivity contribution in [3.8, 4) is 0 Å². The van der Waals surface area contributed by atoms with Gasteiger partial charge in [-0.25, -0.2) is 8.42 Å². The molecule has 0 fully saturated rings. The Morgan fingerprint density at radius 1 is 1.10 bits per heavy atom. The smallest absolute Gasteiger partial charge is 0.259 e. The van der Waals surface area contributed by atoms with Crippen LogP contribution < -0.4 is 10.0 Å². The summed E-state index contributed by atoms with van der Waals surface area (Å²) >= 11 is 0. The van der Waals surface area contributed by atoms with E-state index in [2.05, 4.69) is 5.32 Å². The molecule has 0 aromatic heterocycles. The quantitative estimate of drug-likeness (QED) is 0.830. The summed E-state index contributed by atoms with van der Waals surface area (Å²) in [5.74, 6) is -1.19. The van der Waals surface area contributed by atoms with Crippen LogP contribution in [0.3, 0.4) is 0 Å². The molecular weight excluding hydrogens is 280 g/mol. The highest BCUT2D eigenvalue weighted by Gasteiger charge is 2.40. The van der Waals surface area contributed by atoms with Gasteiger partial charge in [-0.3, -0.25) is 14.3 Å². The summed E-state index contributed by atoms with van der Waals surface area (Å²) in [6.07, 6.45) is 0.0516. The van der Waals surface area contributed by atoms with Gasteiger partial charge >= 0.3 is 0 Å². The van der Waals surface area contributed by atoms with Gasteiger partial charge in [-0.15, -0.1) is 0 Å². The first-order valence-electron chi connectivity index (χ1n) is 6.02. The zero-order valence-corrected chi connectivity index (χ0v) is 12.5. The first-order chi connectivity index (χ1) is 9.16. The van der Waals surface area contributed by atoms with E-state index in [4.69, 9.17) is 0 Å². The van der Waals surface area contributed by atoms with E-state index in [0.717, 1.165) is 12.5 Å². The minimum Gasteiger partial charge on any atom is -0.336 e. The highest BCUT2D eigenvalue weighted by atomic mass is 32.2. The molecule has 0 radical (unpaired) electrons. The zero-order chi connectivity index (χ0) is 15.4. The Hall–Kier alpha value is -1.89. The second-order valence-corrected chi connectivity index (χ2v) is 6.85. The molecule has 110 valence electrons. The van der Waals surface area contributed by atoms with E-state index in [-0.39, 0.29) is 6.42 Å². The second-order valence-electron chi connectivity index (χ2n) is 4.74. The fraction of sp³-hybridized carbons (Fsp3) is 0.385. The van der Waals surface area contributed by atoms with Crippen molar-refractivity contribution >= 4 is 21.8 Å². The molecular formula is C13H18N2O4S. The normalized spacial score (nSPS) is 14.2. The van der Waals surface area contributed by atoms with E-state index in [0.29, 0.717) is 0 Å². The van der Waals surface area contributed by atoms with Gasteiger partial charge in [-0.2, -0.15) is 0 Å². The minimum absolute atomic E-state index is 0.0516. The van der Waals surface area contributed by atoms with Crippen molar-refractivity contribution in [3.05, 3.63) is 35.9 Å². The third kappa shape index (κ3) is 4.06. The lowest BCUT2D eigenvalue weighted by atomic mass is 10.1. The number of benzene rings is 1. The predicted octanol–water partition coefficient (Wildman–Crippen LogP) is 0.547. The average Bonchev–Trinajstić information content (AvgIpc) is 2.26. The first-order valence-corrected chi connectivity index (χ1v) is 7.50. The Bertz CT molecular complexity index is 598. The summed E-state index contributed by atoms with van der Waals surface area (Å²) < 4.78 is 26.4. The molecule has 0 aliphatic heterocycles.